The van der Waals surface area contributed by atoms with Crippen molar-refractivity contribution < 1.29 is 31.5 Å². The maximum Gasteiger partial charge on any atom is 0.471 e. The minimum absolute atomic E-state index is 0.0961. The monoisotopic (exact) mass is 564 g/mol. The van der Waals surface area contributed by atoms with Gasteiger partial charge in [0.1, 0.15) is 5.60 Å². The molecule has 0 spiro atoms. The second kappa shape index (κ2) is 9.66. The van der Waals surface area contributed by atoms with Gasteiger partial charge in [-0.15, -0.1) is 0 Å². The summed E-state index contributed by atoms with van der Waals surface area (Å²) in [5.41, 5.74) is 1.57. The molecule has 0 fully saturated rings. The van der Waals surface area contributed by atoms with Gasteiger partial charge in [0, 0.05) is 11.6 Å². The number of amides is 1. The minimum atomic E-state index is -5.12. The Bertz CT molecular complexity index is 1520. The third kappa shape index (κ3) is 4.86. The van der Waals surface area contributed by atoms with E-state index < -0.39 is 33.7 Å². The number of nitrogens with one attached hydrogen (secondary N) is 1. The summed E-state index contributed by atoms with van der Waals surface area (Å²) in [7, 11) is -4.17. The molecule has 2 unspecified atom stereocenters. The predicted octanol–water partition coefficient (Wildman–Crippen LogP) is 6.06. The van der Waals surface area contributed by atoms with Crippen molar-refractivity contribution in [3.05, 3.63) is 64.3 Å². The first-order valence-corrected chi connectivity index (χ1v) is 14.5. The number of aromatic nitrogens is 1. The molecule has 2 aromatic carbocycles. The van der Waals surface area contributed by atoms with E-state index in [1.807, 2.05) is 45.1 Å². The highest BCUT2D eigenvalue weighted by Crippen LogP contribution is 2.43. The van der Waals surface area contributed by atoms with Crippen LogP contribution in [0.15, 0.2) is 41.4 Å². The zero-order valence-corrected chi connectivity index (χ0v) is 24.0. The van der Waals surface area contributed by atoms with Crippen molar-refractivity contribution in [2.75, 3.05) is 0 Å². The van der Waals surface area contributed by atoms with E-state index in [9.17, 15) is 31.5 Å². The van der Waals surface area contributed by atoms with E-state index in [4.69, 9.17) is 0 Å². The molecule has 4 rings (SSSR count). The summed E-state index contributed by atoms with van der Waals surface area (Å²) < 4.78 is 69.2. The van der Waals surface area contributed by atoms with E-state index in [2.05, 4.69) is 13.8 Å². The standard InChI is InChI=1S/C29H35F3N2O4S/c1-15(2)18-11-20(16(3)4)26(21(12-18)17(5)6)39(37,38)34-14-19-13-24(33-27(35)29(30,31)32)28(7,36)22-9-8-10-23(34)25(19)22/h8-12,14-17,24,36H,13H2,1-7H3,(H,33,35). The maximum atomic E-state index is 14.5. The molecule has 0 radical (unpaired) electrons. The van der Waals surface area contributed by atoms with E-state index >= 15 is 0 Å². The molecule has 0 aliphatic heterocycles. The molecule has 212 valence electrons. The first-order chi connectivity index (χ1) is 17.9. The number of hydrogen-bond donors (Lipinski definition) is 2. The number of nitrogens with zero attached hydrogens (tertiary/aromatic N) is 1. The molecule has 0 saturated carbocycles. The fourth-order valence-corrected chi connectivity index (χ4v) is 7.49. The van der Waals surface area contributed by atoms with Gasteiger partial charge in [-0.05, 0) is 65.0 Å². The highest BCUT2D eigenvalue weighted by atomic mass is 32.2. The molecular weight excluding hydrogens is 529 g/mol. The van der Waals surface area contributed by atoms with Crippen LogP contribution in [-0.2, 0) is 26.8 Å². The molecule has 0 bridgehead atoms. The van der Waals surface area contributed by atoms with E-state index in [1.54, 1.807) is 18.2 Å². The number of rotatable bonds is 6. The van der Waals surface area contributed by atoms with Gasteiger partial charge < -0.3 is 10.4 Å². The van der Waals surface area contributed by atoms with E-state index in [-0.39, 0.29) is 34.6 Å². The summed E-state index contributed by atoms with van der Waals surface area (Å²) in [6, 6.07) is 7.30. The maximum absolute atomic E-state index is 14.5. The van der Waals surface area contributed by atoms with Gasteiger partial charge >= 0.3 is 12.1 Å². The van der Waals surface area contributed by atoms with E-state index in [0.29, 0.717) is 27.6 Å². The Morgan fingerprint density at radius 1 is 1.05 bits per heavy atom. The lowest BCUT2D eigenvalue weighted by molar-refractivity contribution is -0.176. The molecule has 2 N–H and O–H groups in total. The normalized spacial score (nSPS) is 19.9. The molecule has 10 heteroatoms. The zero-order chi connectivity index (χ0) is 29.2. The number of alkyl halides is 3. The van der Waals surface area contributed by atoms with E-state index in [0.717, 1.165) is 5.56 Å². The molecule has 1 aliphatic carbocycles. The van der Waals surface area contributed by atoms with Crippen LogP contribution in [0.2, 0.25) is 0 Å². The van der Waals surface area contributed by atoms with Crippen LogP contribution < -0.4 is 5.32 Å². The third-order valence-electron chi connectivity index (χ3n) is 7.68. The fraction of sp³-hybridized carbons (Fsp3) is 0.483. The van der Waals surface area contributed by atoms with Gasteiger partial charge in [0.05, 0.1) is 16.5 Å². The van der Waals surface area contributed by atoms with Crippen molar-refractivity contribution >= 4 is 26.8 Å². The second-order valence-corrected chi connectivity index (χ2v) is 13.3. The molecule has 39 heavy (non-hydrogen) atoms. The van der Waals surface area contributed by atoms with Crippen molar-refractivity contribution in [2.24, 2.45) is 0 Å². The first kappa shape index (κ1) is 29.1. The minimum Gasteiger partial charge on any atom is -0.383 e. The van der Waals surface area contributed by atoms with Crippen LogP contribution in [0.1, 0.15) is 94.0 Å². The number of halogens is 3. The quantitative estimate of drug-likeness (QED) is 0.381. The van der Waals surface area contributed by atoms with Crippen LogP contribution in [0.3, 0.4) is 0 Å². The molecule has 1 heterocycles. The number of benzene rings is 2. The van der Waals surface area contributed by atoms with Crippen molar-refractivity contribution in [3.8, 4) is 0 Å². The summed E-state index contributed by atoms with van der Waals surface area (Å²) in [5, 5.41) is 13.7. The Hall–Kier alpha value is -2.85. The molecule has 2 atom stereocenters. The van der Waals surface area contributed by atoms with E-state index in [1.165, 1.54) is 17.1 Å². The third-order valence-corrected chi connectivity index (χ3v) is 9.49. The van der Waals surface area contributed by atoms with Crippen molar-refractivity contribution in [2.45, 2.75) is 95.4 Å². The Morgan fingerprint density at radius 3 is 2.10 bits per heavy atom. The lowest BCUT2D eigenvalue weighted by atomic mass is 9.77. The molecule has 1 amide bonds. The van der Waals surface area contributed by atoms with Gasteiger partial charge in [0.2, 0.25) is 0 Å². The Balaban J connectivity index is 1.96. The van der Waals surface area contributed by atoms with Crippen LogP contribution in [0.25, 0.3) is 10.9 Å². The average molecular weight is 565 g/mol. The van der Waals surface area contributed by atoms with Gasteiger partial charge in [-0.3, -0.25) is 4.79 Å². The summed E-state index contributed by atoms with van der Waals surface area (Å²) in [6.45, 7) is 13.2. The van der Waals surface area contributed by atoms with Gasteiger partial charge in [-0.25, -0.2) is 12.4 Å². The first-order valence-electron chi connectivity index (χ1n) is 13.1. The molecule has 1 aliphatic rings. The highest BCUT2D eigenvalue weighted by molar-refractivity contribution is 7.90. The van der Waals surface area contributed by atoms with Crippen LogP contribution in [-0.4, -0.2) is 35.6 Å². The average Bonchev–Trinajstić information content (AvgIpc) is 3.20. The molecule has 1 aromatic heterocycles. The van der Waals surface area contributed by atoms with Crippen molar-refractivity contribution in [3.63, 3.8) is 0 Å². The fourth-order valence-electron chi connectivity index (χ4n) is 5.44. The summed E-state index contributed by atoms with van der Waals surface area (Å²) in [5.74, 6) is -2.16. The molecular formula is C29H35F3N2O4S. The number of hydrogen-bond acceptors (Lipinski definition) is 4. The Kier molecular flexibility index (Phi) is 7.22. The topological polar surface area (TPSA) is 88.4 Å². The number of carbonyl (C=O) groups is 1. The van der Waals surface area contributed by atoms with Gasteiger partial charge in [-0.2, -0.15) is 13.2 Å². The summed E-state index contributed by atoms with van der Waals surface area (Å²) in [6.07, 6.45) is -3.89. The Labute approximate surface area is 227 Å². The Morgan fingerprint density at radius 2 is 1.62 bits per heavy atom. The molecule has 6 nitrogen and oxygen atoms in total. The zero-order valence-electron chi connectivity index (χ0n) is 23.1. The predicted molar refractivity (Wildman–Crippen MR) is 144 cm³/mol. The molecule has 0 saturated heterocycles. The smallest absolute Gasteiger partial charge is 0.383 e. The van der Waals surface area contributed by atoms with Gasteiger partial charge in [0.25, 0.3) is 10.0 Å². The van der Waals surface area contributed by atoms with Crippen LogP contribution in [0.5, 0.6) is 0 Å². The van der Waals surface area contributed by atoms with Crippen LogP contribution in [0, 0.1) is 0 Å². The van der Waals surface area contributed by atoms with Gasteiger partial charge in [-0.1, -0.05) is 65.8 Å². The summed E-state index contributed by atoms with van der Waals surface area (Å²) >= 11 is 0. The van der Waals surface area contributed by atoms with Crippen LogP contribution >= 0.6 is 0 Å². The van der Waals surface area contributed by atoms with Crippen molar-refractivity contribution in [1.82, 2.24) is 9.29 Å². The largest absolute Gasteiger partial charge is 0.471 e. The van der Waals surface area contributed by atoms with Gasteiger partial charge in [0.15, 0.2) is 0 Å². The van der Waals surface area contributed by atoms with Crippen LogP contribution in [0.4, 0.5) is 13.2 Å². The lowest BCUT2D eigenvalue weighted by Gasteiger charge is -2.38. The SMILES string of the molecule is CC(C)c1cc(C(C)C)c(S(=O)(=O)n2cc3c4c(cccc42)C(C)(O)C(NC(=O)C(F)(F)F)C3)c(C(C)C)c1. The molecule has 3 aromatic rings. The lowest BCUT2D eigenvalue weighted by Crippen LogP contribution is -2.54. The highest BCUT2D eigenvalue weighted by Gasteiger charge is 2.46. The van der Waals surface area contributed by atoms with Crippen molar-refractivity contribution in [1.29, 1.82) is 0 Å². The summed E-state index contributed by atoms with van der Waals surface area (Å²) in [4.78, 5) is 12.0. The second-order valence-electron chi connectivity index (χ2n) is 11.5. The number of aliphatic hydroxyl groups is 1. The number of carbonyl (C=O) groups excluding carboxylic acids is 1.